The average molecular weight is 469 g/mol. The fourth-order valence-electron chi connectivity index (χ4n) is 3.61. The third-order valence-corrected chi connectivity index (χ3v) is 6.41. The SMILES string of the molecule is CC(C)CC(NC(=O)c1ccc(N(Cc2ccc(F)cc2)S(C)(=O)=O)cc1)c1ccccc1. The molecule has 33 heavy (non-hydrogen) atoms. The summed E-state index contributed by atoms with van der Waals surface area (Å²) in [6.45, 7) is 4.28. The van der Waals surface area contributed by atoms with Crippen LogP contribution in [0.15, 0.2) is 78.9 Å². The summed E-state index contributed by atoms with van der Waals surface area (Å²) in [6, 6.07) is 21.9. The Morgan fingerprint density at radius 3 is 2.09 bits per heavy atom. The molecule has 0 aliphatic heterocycles. The normalized spacial score (nSPS) is 12.4. The van der Waals surface area contributed by atoms with E-state index >= 15 is 0 Å². The lowest BCUT2D eigenvalue weighted by Gasteiger charge is -2.23. The largest absolute Gasteiger partial charge is 0.345 e. The van der Waals surface area contributed by atoms with Gasteiger partial charge in [0.1, 0.15) is 5.82 Å². The zero-order valence-electron chi connectivity index (χ0n) is 19.0. The van der Waals surface area contributed by atoms with E-state index in [0.29, 0.717) is 22.7 Å². The van der Waals surface area contributed by atoms with Crippen molar-refractivity contribution in [3.8, 4) is 0 Å². The summed E-state index contributed by atoms with van der Waals surface area (Å²) < 4.78 is 39.2. The molecule has 3 aromatic carbocycles. The van der Waals surface area contributed by atoms with Crippen LogP contribution in [0.1, 0.15) is 47.8 Å². The molecular weight excluding hydrogens is 439 g/mol. The molecule has 1 N–H and O–H groups in total. The smallest absolute Gasteiger partial charge is 0.251 e. The lowest BCUT2D eigenvalue weighted by molar-refractivity contribution is 0.0932. The third-order valence-electron chi connectivity index (χ3n) is 5.27. The Morgan fingerprint density at radius 2 is 1.55 bits per heavy atom. The van der Waals surface area contributed by atoms with E-state index in [0.717, 1.165) is 18.2 Å². The molecule has 7 heteroatoms. The maximum Gasteiger partial charge on any atom is 0.251 e. The molecule has 0 bridgehead atoms. The van der Waals surface area contributed by atoms with Crippen LogP contribution in [0.4, 0.5) is 10.1 Å². The fraction of sp³-hybridized carbons (Fsp3) is 0.269. The molecule has 5 nitrogen and oxygen atoms in total. The van der Waals surface area contributed by atoms with Crippen LogP contribution in [0.3, 0.4) is 0 Å². The molecule has 174 valence electrons. The maximum atomic E-state index is 13.2. The molecule has 3 rings (SSSR count). The van der Waals surface area contributed by atoms with E-state index in [1.54, 1.807) is 36.4 Å². The highest BCUT2D eigenvalue weighted by Crippen LogP contribution is 2.24. The molecule has 0 saturated heterocycles. The zero-order chi connectivity index (χ0) is 24.0. The topological polar surface area (TPSA) is 66.5 Å². The summed E-state index contributed by atoms with van der Waals surface area (Å²) in [4.78, 5) is 12.9. The minimum Gasteiger partial charge on any atom is -0.345 e. The van der Waals surface area contributed by atoms with Crippen LogP contribution < -0.4 is 9.62 Å². The molecule has 0 saturated carbocycles. The van der Waals surface area contributed by atoms with Crippen molar-refractivity contribution in [2.24, 2.45) is 5.92 Å². The standard InChI is InChI=1S/C26H29FN2O3S/c1-19(2)17-25(21-7-5-4-6-8-21)28-26(30)22-11-15-24(16-12-22)29(33(3,31)32)18-20-9-13-23(27)14-10-20/h4-16,19,25H,17-18H2,1-3H3,(H,28,30). The second-order valence-electron chi connectivity index (χ2n) is 8.51. The van der Waals surface area contributed by atoms with Gasteiger partial charge in [0.25, 0.3) is 5.91 Å². The van der Waals surface area contributed by atoms with Crippen LogP contribution in [0.5, 0.6) is 0 Å². The fourth-order valence-corrected chi connectivity index (χ4v) is 4.50. The molecule has 0 spiro atoms. The van der Waals surface area contributed by atoms with Gasteiger partial charge in [-0.15, -0.1) is 0 Å². The summed E-state index contributed by atoms with van der Waals surface area (Å²) in [5.74, 6) is -0.209. The minimum absolute atomic E-state index is 0.0646. The van der Waals surface area contributed by atoms with E-state index in [1.807, 2.05) is 30.3 Å². The number of anilines is 1. The van der Waals surface area contributed by atoms with Crippen LogP contribution >= 0.6 is 0 Å². The van der Waals surface area contributed by atoms with E-state index in [4.69, 9.17) is 0 Å². The number of halogens is 1. The quantitative estimate of drug-likeness (QED) is 0.463. The highest BCUT2D eigenvalue weighted by molar-refractivity contribution is 7.92. The van der Waals surface area contributed by atoms with Gasteiger partial charge < -0.3 is 5.32 Å². The molecule has 0 fully saturated rings. The molecule has 0 aromatic heterocycles. The number of rotatable bonds is 9. The van der Waals surface area contributed by atoms with Gasteiger partial charge in [-0.3, -0.25) is 9.10 Å². The summed E-state index contributed by atoms with van der Waals surface area (Å²) in [5, 5.41) is 3.10. The third kappa shape index (κ3) is 6.89. The monoisotopic (exact) mass is 468 g/mol. The summed E-state index contributed by atoms with van der Waals surface area (Å²) in [5.41, 5.74) is 2.57. The van der Waals surface area contributed by atoms with Crippen LogP contribution in [-0.2, 0) is 16.6 Å². The molecule has 1 unspecified atom stereocenters. The summed E-state index contributed by atoms with van der Waals surface area (Å²) in [6.07, 6.45) is 1.92. The van der Waals surface area contributed by atoms with Crippen molar-refractivity contribution < 1.29 is 17.6 Å². The highest BCUT2D eigenvalue weighted by Gasteiger charge is 2.20. The second kappa shape index (κ2) is 10.6. The Balaban J connectivity index is 1.79. The van der Waals surface area contributed by atoms with Crippen molar-refractivity contribution in [1.29, 1.82) is 0 Å². The van der Waals surface area contributed by atoms with E-state index in [2.05, 4.69) is 19.2 Å². The van der Waals surface area contributed by atoms with Crippen LogP contribution in [-0.4, -0.2) is 20.6 Å². The predicted molar refractivity (Wildman–Crippen MR) is 130 cm³/mol. The number of sulfonamides is 1. The van der Waals surface area contributed by atoms with Gasteiger partial charge in [-0.05, 0) is 59.9 Å². The van der Waals surface area contributed by atoms with Gasteiger partial charge in [0, 0.05) is 5.56 Å². The van der Waals surface area contributed by atoms with Crippen molar-refractivity contribution in [2.75, 3.05) is 10.6 Å². The number of nitrogens with zero attached hydrogens (tertiary/aromatic N) is 1. The molecule has 1 amide bonds. The van der Waals surface area contributed by atoms with Gasteiger partial charge in [0.15, 0.2) is 0 Å². The van der Waals surface area contributed by atoms with Crippen molar-refractivity contribution in [3.05, 3.63) is 101 Å². The lowest BCUT2D eigenvalue weighted by Crippen LogP contribution is -2.30. The van der Waals surface area contributed by atoms with Crippen LogP contribution in [0.25, 0.3) is 0 Å². The molecule has 3 aromatic rings. The average Bonchev–Trinajstić information content (AvgIpc) is 2.78. The van der Waals surface area contributed by atoms with Crippen molar-refractivity contribution in [2.45, 2.75) is 32.9 Å². The predicted octanol–water partition coefficient (Wildman–Crippen LogP) is 5.31. The number of amides is 1. The highest BCUT2D eigenvalue weighted by atomic mass is 32.2. The number of hydrogen-bond donors (Lipinski definition) is 1. The Labute approximate surface area is 195 Å². The van der Waals surface area contributed by atoms with E-state index in [1.165, 1.54) is 16.4 Å². The van der Waals surface area contributed by atoms with E-state index < -0.39 is 10.0 Å². The van der Waals surface area contributed by atoms with Crippen molar-refractivity contribution in [1.82, 2.24) is 5.32 Å². The summed E-state index contributed by atoms with van der Waals surface area (Å²) in [7, 11) is -3.59. The first-order valence-corrected chi connectivity index (χ1v) is 12.7. The van der Waals surface area contributed by atoms with Crippen LogP contribution in [0.2, 0.25) is 0 Å². The van der Waals surface area contributed by atoms with Gasteiger partial charge in [0.05, 0.1) is 24.5 Å². The first-order chi connectivity index (χ1) is 15.6. The number of nitrogens with one attached hydrogen (secondary N) is 1. The number of hydrogen-bond acceptors (Lipinski definition) is 3. The van der Waals surface area contributed by atoms with Gasteiger partial charge in [-0.25, -0.2) is 12.8 Å². The van der Waals surface area contributed by atoms with Crippen molar-refractivity contribution >= 4 is 21.6 Å². The summed E-state index contributed by atoms with van der Waals surface area (Å²) >= 11 is 0. The zero-order valence-corrected chi connectivity index (χ0v) is 19.8. The van der Waals surface area contributed by atoms with Gasteiger partial charge in [-0.1, -0.05) is 56.3 Å². The van der Waals surface area contributed by atoms with Crippen LogP contribution in [0, 0.1) is 11.7 Å². The molecule has 0 aliphatic carbocycles. The molecule has 1 atom stereocenters. The first kappa shape index (κ1) is 24.5. The van der Waals surface area contributed by atoms with Gasteiger partial charge in [0.2, 0.25) is 10.0 Å². The molecule has 0 heterocycles. The second-order valence-corrected chi connectivity index (χ2v) is 10.4. The van der Waals surface area contributed by atoms with Gasteiger partial charge in [-0.2, -0.15) is 0 Å². The Hall–Kier alpha value is -3.19. The van der Waals surface area contributed by atoms with E-state index in [9.17, 15) is 17.6 Å². The molecule has 0 radical (unpaired) electrons. The van der Waals surface area contributed by atoms with E-state index in [-0.39, 0.29) is 24.3 Å². The molecule has 0 aliphatic rings. The maximum absolute atomic E-state index is 13.2. The number of carbonyl (C=O) groups excluding carboxylic acids is 1. The Kier molecular flexibility index (Phi) is 7.87. The lowest BCUT2D eigenvalue weighted by atomic mass is 9.96. The Bertz CT molecular complexity index is 1160. The Morgan fingerprint density at radius 1 is 0.939 bits per heavy atom. The van der Waals surface area contributed by atoms with Crippen molar-refractivity contribution in [3.63, 3.8) is 0 Å². The van der Waals surface area contributed by atoms with Gasteiger partial charge >= 0.3 is 0 Å². The minimum atomic E-state index is -3.59. The molecular formula is C26H29FN2O3S. The number of benzene rings is 3. The first-order valence-electron chi connectivity index (χ1n) is 10.8. The number of carbonyl (C=O) groups is 1.